The Morgan fingerprint density at radius 3 is 2.58 bits per heavy atom. The molecule has 0 aliphatic heterocycles. The van der Waals surface area contributed by atoms with Crippen LogP contribution in [0, 0.1) is 0 Å². The number of benzene rings is 2. The lowest BCUT2D eigenvalue weighted by Gasteiger charge is -2.12. The molecule has 10 heteroatoms. The highest BCUT2D eigenvalue weighted by Gasteiger charge is 2.26. The second-order valence-corrected chi connectivity index (χ2v) is 10.00. The van der Waals surface area contributed by atoms with Crippen molar-refractivity contribution in [3.05, 3.63) is 93.9 Å². The molecule has 3 N–H and O–H groups in total. The van der Waals surface area contributed by atoms with Gasteiger partial charge in [-0.25, -0.2) is 4.79 Å². The van der Waals surface area contributed by atoms with E-state index in [0.717, 1.165) is 36.9 Å². The molecule has 1 saturated carbocycles. The third-order valence-corrected chi connectivity index (χ3v) is 7.32. The number of phenolic OH excluding ortho intramolecular Hbond substituents is 1. The predicted octanol–water partition coefficient (Wildman–Crippen LogP) is 6.63. The van der Waals surface area contributed by atoms with E-state index >= 15 is 0 Å². The molecule has 0 radical (unpaired) electrons. The lowest BCUT2D eigenvalue weighted by Crippen LogP contribution is -2.30. The number of carbonyl (C=O) groups excluding carboxylic acids is 2. The Kier molecular flexibility index (Phi) is 7.62. The second kappa shape index (κ2) is 11.2. The first-order valence-corrected chi connectivity index (χ1v) is 13.0. The molecular formula is C28H25Cl2N5O3. The summed E-state index contributed by atoms with van der Waals surface area (Å²) in [6, 6.07) is 14.7. The highest BCUT2D eigenvalue weighted by molar-refractivity contribution is 6.42. The minimum Gasteiger partial charge on any atom is -0.507 e. The summed E-state index contributed by atoms with van der Waals surface area (Å²) >= 11 is 12.1. The number of rotatable bonds is 6. The molecule has 38 heavy (non-hydrogen) atoms. The van der Waals surface area contributed by atoms with Gasteiger partial charge in [-0.2, -0.15) is 9.78 Å². The lowest BCUT2D eigenvalue weighted by molar-refractivity contribution is 0.102. The highest BCUT2D eigenvalue weighted by Crippen LogP contribution is 2.38. The Labute approximate surface area is 229 Å². The van der Waals surface area contributed by atoms with Crippen molar-refractivity contribution < 1.29 is 14.7 Å². The minimum atomic E-state index is -0.384. The van der Waals surface area contributed by atoms with E-state index in [4.69, 9.17) is 23.2 Å². The van der Waals surface area contributed by atoms with Gasteiger partial charge in [-0.05, 0) is 66.9 Å². The van der Waals surface area contributed by atoms with Gasteiger partial charge in [0, 0.05) is 36.1 Å². The average Bonchev–Trinajstić information content (AvgIpc) is 3.61. The summed E-state index contributed by atoms with van der Waals surface area (Å²) in [4.78, 5) is 29.8. The van der Waals surface area contributed by atoms with Gasteiger partial charge in [-0.1, -0.05) is 42.1 Å². The molecule has 1 aliphatic carbocycles. The Morgan fingerprint density at radius 1 is 1.03 bits per heavy atom. The van der Waals surface area contributed by atoms with Crippen LogP contribution < -0.4 is 10.6 Å². The summed E-state index contributed by atoms with van der Waals surface area (Å²) in [6.07, 6.45) is 7.14. The topological polar surface area (TPSA) is 109 Å². The number of anilines is 1. The summed E-state index contributed by atoms with van der Waals surface area (Å²) < 4.78 is 1.38. The smallest absolute Gasteiger partial charge is 0.342 e. The predicted molar refractivity (Wildman–Crippen MR) is 147 cm³/mol. The molecule has 0 unspecified atom stereocenters. The first-order valence-electron chi connectivity index (χ1n) is 12.3. The summed E-state index contributed by atoms with van der Waals surface area (Å²) in [5.41, 5.74) is 3.32. The number of aromatic hydroxyl groups is 1. The van der Waals surface area contributed by atoms with E-state index in [1.54, 1.807) is 48.7 Å². The molecule has 2 aromatic carbocycles. The van der Waals surface area contributed by atoms with Crippen molar-refractivity contribution in [2.24, 2.45) is 0 Å². The second-order valence-electron chi connectivity index (χ2n) is 9.18. The zero-order chi connectivity index (χ0) is 26.6. The van der Waals surface area contributed by atoms with E-state index < -0.39 is 0 Å². The molecule has 8 nitrogen and oxygen atoms in total. The maximum absolute atomic E-state index is 13.3. The van der Waals surface area contributed by atoms with Crippen molar-refractivity contribution in [2.75, 3.05) is 5.32 Å². The summed E-state index contributed by atoms with van der Waals surface area (Å²) in [5, 5.41) is 21.8. The molecule has 2 amide bonds. The van der Waals surface area contributed by atoms with Crippen LogP contribution in [0.3, 0.4) is 0 Å². The van der Waals surface area contributed by atoms with Gasteiger partial charge in [-0.3, -0.25) is 9.78 Å². The number of amides is 2. The van der Waals surface area contributed by atoms with E-state index in [1.165, 1.54) is 16.9 Å². The number of pyridine rings is 1. The zero-order valence-electron chi connectivity index (χ0n) is 20.3. The third kappa shape index (κ3) is 5.66. The number of nitrogens with zero attached hydrogens (tertiary/aromatic N) is 3. The van der Waals surface area contributed by atoms with E-state index in [-0.39, 0.29) is 30.2 Å². The largest absolute Gasteiger partial charge is 0.507 e. The van der Waals surface area contributed by atoms with Gasteiger partial charge in [0.2, 0.25) is 0 Å². The van der Waals surface area contributed by atoms with Crippen molar-refractivity contribution in [3.8, 4) is 17.0 Å². The maximum Gasteiger partial charge on any atom is 0.342 e. The van der Waals surface area contributed by atoms with Crippen molar-refractivity contribution in [1.82, 2.24) is 20.1 Å². The number of phenols is 1. The van der Waals surface area contributed by atoms with Crippen LogP contribution >= 0.6 is 23.2 Å². The fraction of sp³-hybridized carbons (Fsp3) is 0.214. The molecule has 1 aliphatic rings. The number of nitrogens with one attached hydrogen (secondary N) is 2. The first-order chi connectivity index (χ1) is 18.4. The number of hydrogen-bond donors (Lipinski definition) is 3. The number of carbonyl (C=O) groups is 2. The van der Waals surface area contributed by atoms with Crippen molar-refractivity contribution >= 4 is 40.8 Å². The van der Waals surface area contributed by atoms with Crippen molar-refractivity contribution in [1.29, 1.82) is 0 Å². The van der Waals surface area contributed by atoms with Crippen LogP contribution in [-0.2, 0) is 6.54 Å². The van der Waals surface area contributed by atoms with Gasteiger partial charge in [-0.15, -0.1) is 0 Å². The summed E-state index contributed by atoms with van der Waals surface area (Å²) in [5.74, 6) is -0.153. The molecule has 0 saturated heterocycles. The number of halogens is 2. The van der Waals surface area contributed by atoms with Crippen LogP contribution in [0.5, 0.6) is 5.75 Å². The van der Waals surface area contributed by atoms with Gasteiger partial charge in [0.05, 0.1) is 27.0 Å². The highest BCUT2D eigenvalue weighted by atomic mass is 35.5. The quantitative estimate of drug-likeness (QED) is 0.234. The SMILES string of the molecule is O=C(Nc1ccc(O)c(-c2cc(C3CCCC3)n(C(=O)NCc3ccc(Cl)c(Cl)c3)n2)c1)c1cccnc1. The fourth-order valence-electron chi connectivity index (χ4n) is 4.62. The third-order valence-electron chi connectivity index (χ3n) is 6.58. The molecule has 5 rings (SSSR count). The molecule has 2 aromatic heterocycles. The van der Waals surface area contributed by atoms with E-state index in [0.29, 0.717) is 32.6 Å². The molecular weight excluding hydrogens is 525 g/mol. The van der Waals surface area contributed by atoms with Crippen LogP contribution in [0.25, 0.3) is 11.3 Å². The van der Waals surface area contributed by atoms with Crippen LogP contribution in [-0.4, -0.2) is 31.8 Å². The van der Waals surface area contributed by atoms with Crippen LogP contribution in [0.2, 0.25) is 10.0 Å². The Bertz CT molecular complexity index is 1480. The fourth-order valence-corrected chi connectivity index (χ4v) is 4.94. The molecule has 1 fully saturated rings. The normalized spacial score (nSPS) is 13.4. The summed E-state index contributed by atoms with van der Waals surface area (Å²) in [6.45, 7) is 0.246. The van der Waals surface area contributed by atoms with E-state index in [1.807, 2.05) is 6.07 Å². The van der Waals surface area contributed by atoms with Crippen LogP contribution in [0.4, 0.5) is 10.5 Å². The van der Waals surface area contributed by atoms with Gasteiger partial charge in [0.25, 0.3) is 5.91 Å². The van der Waals surface area contributed by atoms with Crippen molar-refractivity contribution in [3.63, 3.8) is 0 Å². The average molecular weight is 550 g/mol. The zero-order valence-corrected chi connectivity index (χ0v) is 21.8. The molecule has 2 heterocycles. The maximum atomic E-state index is 13.3. The van der Waals surface area contributed by atoms with Crippen LogP contribution in [0.15, 0.2) is 67.0 Å². The van der Waals surface area contributed by atoms with Gasteiger partial charge >= 0.3 is 6.03 Å². The van der Waals surface area contributed by atoms with Gasteiger partial charge in [0.15, 0.2) is 0 Å². The van der Waals surface area contributed by atoms with E-state index in [2.05, 4.69) is 20.7 Å². The number of hydrogen-bond acceptors (Lipinski definition) is 5. The minimum absolute atomic E-state index is 0.0109. The van der Waals surface area contributed by atoms with Crippen LogP contribution in [0.1, 0.15) is 53.2 Å². The molecule has 0 atom stereocenters. The standard InChI is InChI=1S/C28H25Cl2N5O3/c29-22-9-7-17(12-23(22)30)15-32-28(38)35-25(18-4-1-2-5-18)14-24(34-35)21-13-20(8-10-26(21)36)33-27(37)19-6-3-11-31-16-19/h3,6-14,16,18,36H,1-2,4-5,15H2,(H,32,38)(H,33,37). The monoisotopic (exact) mass is 549 g/mol. The Hall–Kier alpha value is -3.88. The number of aromatic nitrogens is 3. The van der Waals surface area contributed by atoms with E-state index in [9.17, 15) is 14.7 Å². The lowest BCUT2D eigenvalue weighted by atomic mass is 10.0. The Balaban J connectivity index is 1.42. The van der Waals surface area contributed by atoms with Gasteiger partial charge in [0.1, 0.15) is 5.75 Å². The summed E-state index contributed by atoms with van der Waals surface area (Å²) in [7, 11) is 0. The molecule has 194 valence electrons. The first kappa shape index (κ1) is 25.8. The molecule has 0 spiro atoms. The van der Waals surface area contributed by atoms with Gasteiger partial charge < -0.3 is 15.7 Å². The Morgan fingerprint density at radius 2 is 1.84 bits per heavy atom. The molecule has 0 bridgehead atoms. The van der Waals surface area contributed by atoms with Crippen molar-refractivity contribution in [2.45, 2.75) is 38.1 Å². The molecule has 4 aromatic rings.